The van der Waals surface area contributed by atoms with Crippen LogP contribution in [0.4, 0.5) is 5.69 Å². The zero-order valence-corrected chi connectivity index (χ0v) is 17.2. The summed E-state index contributed by atoms with van der Waals surface area (Å²) in [5, 5.41) is 14.3. The second kappa shape index (κ2) is 10.1. The largest absolute Gasteiger partial charge is 0.468 e. The van der Waals surface area contributed by atoms with E-state index in [-0.39, 0.29) is 13.0 Å². The van der Waals surface area contributed by atoms with Crippen LogP contribution >= 0.6 is 0 Å². The predicted molar refractivity (Wildman–Crippen MR) is 111 cm³/mol. The number of benzene rings is 2. The lowest BCUT2D eigenvalue weighted by atomic mass is 9.91. The van der Waals surface area contributed by atoms with Crippen LogP contribution in [0.25, 0.3) is 0 Å². The number of esters is 1. The molecular formula is C20H23N3O6S. The minimum absolute atomic E-state index is 0.0372. The van der Waals surface area contributed by atoms with Gasteiger partial charge in [-0.25, -0.2) is 13.2 Å². The zero-order valence-electron chi connectivity index (χ0n) is 16.4. The maximum atomic E-state index is 13.1. The molecule has 0 radical (unpaired) electrons. The number of nitro groups is 1. The monoisotopic (exact) mass is 433 g/mol. The Kier molecular flexibility index (Phi) is 7.81. The number of hydrogen-bond acceptors (Lipinski definition) is 7. The van der Waals surface area contributed by atoms with E-state index in [1.54, 1.807) is 36.4 Å². The first kappa shape index (κ1) is 23.2. The lowest BCUT2D eigenvalue weighted by Gasteiger charge is -2.32. The molecule has 0 saturated heterocycles. The summed E-state index contributed by atoms with van der Waals surface area (Å²) >= 11 is 0. The third kappa shape index (κ3) is 5.50. The van der Waals surface area contributed by atoms with Crippen molar-refractivity contribution in [2.24, 2.45) is 0 Å². The molecule has 160 valence electrons. The molecule has 0 aromatic heterocycles. The molecule has 2 aromatic rings. The standard InChI is InChI=1S/C20H23N3O6S/c1-3-13-21-15-20(19(24)29-2,14-16-9-5-4-6-10-16)22-30(27,28)18-12-8-7-11-17(18)23(25)26/h3-12,21-22H,1,13-15H2,2H3/t20-/m0/s1. The van der Waals surface area contributed by atoms with Crippen LogP contribution in [-0.4, -0.2) is 45.0 Å². The second-order valence-electron chi connectivity index (χ2n) is 6.49. The van der Waals surface area contributed by atoms with Crippen molar-refractivity contribution in [3.8, 4) is 0 Å². The zero-order chi connectivity index (χ0) is 22.2. The number of carbonyl (C=O) groups is 1. The minimum Gasteiger partial charge on any atom is -0.468 e. The number of methoxy groups -OCH3 is 1. The van der Waals surface area contributed by atoms with Crippen LogP contribution in [0.1, 0.15) is 5.56 Å². The molecule has 10 heteroatoms. The molecule has 0 saturated carbocycles. The van der Waals surface area contributed by atoms with E-state index in [1.807, 2.05) is 0 Å². The molecule has 30 heavy (non-hydrogen) atoms. The van der Waals surface area contributed by atoms with E-state index < -0.39 is 37.0 Å². The Labute approximate surface area is 175 Å². The molecule has 0 spiro atoms. The predicted octanol–water partition coefficient (Wildman–Crippen LogP) is 1.80. The van der Waals surface area contributed by atoms with E-state index in [0.29, 0.717) is 12.1 Å². The summed E-state index contributed by atoms with van der Waals surface area (Å²) in [6.45, 7) is 3.77. The molecule has 0 aliphatic rings. The van der Waals surface area contributed by atoms with Gasteiger partial charge >= 0.3 is 5.97 Å². The lowest BCUT2D eigenvalue weighted by Crippen LogP contribution is -2.62. The Hall–Kier alpha value is -3.08. The SMILES string of the molecule is C=CCNC[C@](Cc1ccccc1)(NS(=O)(=O)c1ccccc1[N+](=O)[O-])C(=O)OC. The number of nitrogens with one attached hydrogen (secondary N) is 2. The molecule has 0 heterocycles. The number of hydrogen-bond donors (Lipinski definition) is 2. The molecule has 0 fully saturated rings. The molecule has 2 N–H and O–H groups in total. The van der Waals surface area contributed by atoms with Gasteiger partial charge in [0.1, 0.15) is 5.54 Å². The van der Waals surface area contributed by atoms with Crippen LogP contribution in [0.5, 0.6) is 0 Å². The highest BCUT2D eigenvalue weighted by molar-refractivity contribution is 7.89. The maximum absolute atomic E-state index is 13.1. The van der Waals surface area contributed by atoms with Gasteiger partial charge in [-0.2, -0.15) is 4.72 Å². The first-order chi connectivity index (χ1) is 14.3. The van der Waals surface area contributed by atoms with Crippen molar-refractivity contribution in [3.63, 3.8) is 0 Å². The van der Waals surface area contributed by atoms with Crippen molar-refractivity contribution in [2.45, 2.75) is 16.9 Å². The quantitative estimate of drug-likeness (QED) is 0.182. The highest BCUT2D eigenvalue weighted by atomic mass is 32.2. The Morgan fingerprint density at radius 2 is 1.83 bits per heavy atom. The van der Waals surface area contributed by atoms with Gasteiger partial charge in [0.05, 0.1) is 12.0 Å². The minimum atomic E-state index is -4.46. The molecular weight excluding hydrogens is 410 g/mol. The van der Waals surface area contributed by atoms with Crippen LogP contribution in [0, 0.1) is 10.1 Å². The van der Waals surface area contributed by atoms with Gasteiger partial charge in [0.2, 0.25) is 10.0 Å². The van der Waals surface area contributed by atoms with Crippen molar-refractivity contribution < 1.29 is 22.9 Å². The molecule has 2 aromatic carbocycles. The topological polar surface area (TPSA) is 128 Å². The van der Waals surface area contributed by atoms with Crippen LogP contribution in [0.2, 0.25) is 0 Å². The van der Waals surface area contributed by atoms with Gasteiger partial charge in [0, 0.05) is 25.6 Å². The van der Waals surface area contributed by atoms with Crippen LogP contribution in [0.3, 0.4) is 0 Å². The molecule has 0 bridgehead atoms. The molecule has 1 atom stereocenters. The number of nitrogens with zero attached hydrogens (tertiary/aromatic N) is 1. The molecule has 0 aliphatic heterocycles. The highest BCUT2D eigenvalue weighted by Crippen LogP contribution is 2.26. The van der Waals surface area contributed by atoms with Gasteiger partial charge in [-0.3, -0.25) is 10.1 Å². The van der Waals surface area contributed by atoms with E-state index in [1.165, 1.54) is 12.1 Å². The average molecular weight is 433 g/mol. The Bertz CT molecular complexity index is 1010. The fourth-order valence-corrected chi connectivity index (χ4v) is 4.52. The summed E-state index contributed by atoms with van der Waals surface area (Å²) < 4.78 is 33.6. The van der Waals surface area contributed by atoms with Crippen molar-refractivity contribution >= 4 is 21.7 Å². The smallest absolute Gasteiger partial charge is 0.328 e. The van der Waals surface area contributed by atoms with Crippen molar-refractivity contribution in [1.29, 1.82) is 0 Å². The van der Waals surface area contributed by atoms with Gasteiger partial charge in [0.15, 0.2) is 4.90 Å². The summed E-state index contributed by atoms with van der Waals surface area (Å²) in [6.07, 6.45) is 1.52. The molecule has 9 nitrogen and oxygen atoms in total. The number of carbonyl (C=O) groups excluding carboxylic acids is 1. The highest BCUT2D eigenvalue weighted by Gasteiger charge is 2.44. The van der Waals surface area contributed by atoms with E-state index in [9.17, 15) is 23.3 Å². The summed E-state index contributed by atoms with van der Waals surface area (Å²) in [4.78, 5) is 22.8. The van der Waals surface area contributed by atoms with Gasteiger partial charge in [-0.1, -0.05) is 48.5 Å². The summed E-state index contributed by atoms with van der Waals surface area (Å²) in [5.74, 6) is -0.829. The number of nitro benzene ring substituents is 1. The van der Waals surface area contributed by atoms with E-state index in [4.69, 9.17) is 4.74 Å². The number of para-hydroxylation sites is 1. The van der Waals surface area contributed by atoms with Crippen molar-refractivity contribution in [1.82, 2.24) is 10.0 Å². The normalized spacial score (nSPS) is 13.2. The molecule has 0 unspecified atom stereocenters. The average Bonchev–Trinajstić information content (AvgIpc) is 2.73. The van der Waals surface area contributed by atoms with Gasteiger partial charge in [-0.05, 0) is 11.6 Å². The number of sulfonamides is 1. The summed E-state index contributed by atoms with van der Waals surface area (Å²) in [7, 11) is -3.32. The fraction of sp³-hybridized carbons (Fsp3) is 0.250. The number of rotatable bonds is 11. The van der Waals surface area contributed by atoms with Crippen LogP contribution < -0.4 is 10.0 Å². The van der Waals surface area contributed by atoms with Gasteiger partial charge < -0.3 is 10.1 Å². The summed E-state index contributed by atoms with van der Waals surface area (Å²) in [5.41, 5.74) is -1.67. The van der Waals surface area contributed by atoms with Crippen LogP contribution in [0.15, 0.2) is 72.1 Å². The Morgan fingerprint density at radius 1 is 1.20 bits per heavy atom. The first-order valence-electron chi connectivity index (χ1n) is 8.97. The fourth-order valence-electron chi connectivity index (χ4n) is 3.00. The summed E-state index contributed by atoms with van der Waals surface area (Å²) in [6, 6.07) is 13.7. The third-order valence-electron chi connectivity index (χ3n) is 4.32. The van der Waals surface area contributed by atoms with Crippen molar-refractivity contribution in [3.05, 3.63) is 82.9 Å². The van der Waals surface area contributed by atoms with E-state index >= 15 is 0 Å². The second-order valence-corrected chi connectivity index (χ2v) is 8.14. The number of ether oxygens (including phenoxy) is 1. The lowest BCUT2D eigenvalue weighted by molar-refractivity contribution is -0.387. The molecule has 0 amide bonds. The first-order valence-corrected chi connectivity index (χ1v) is 10.5. The Morgan fingerprint density at radius 3 is 2.43 bits per heavy atom. The maximum Gasteiger partial charge on any atom is 0.328 e. The molecule has 0 aliphatic carbocycles. The molecule has 2 rings (SSSR count). The van der Waals surface area contributed by atoms with Gasteiger partial charge in [-0.15, -0.1) is 6.58 Å². The van der Waals surface area contributed by atoms with E-state index in [2.05, 4.69) is 16.6 Å². The van der Waals surface area contributed by atoms with Crippen LogP contribution in [-0.2, 0) is 26.0 Å². The van der Waals surface area contributed by atoms with Gasteiger partial charge in [0.25, 0.3) is 5.69 Å². The Balaban J connectivity index is 2.55. The van der Waals surface area contributed by atoms with E-state index in [0.717, 1.165) is 19.2 Å². The van der Waals surface area contributed by atoms with Crippen molar-refractivity contribution in [2.75, 3.05) is 20.2 Å². The third-order valence-corrected chi connectivity index (χ3v) is 5.91.